The van der Waals surface area contributed by atoms with E-state index in [1.165, 1.54) is 0 Å². The fourth-order valence-corrected chi connectivity index (χ4v) is 2.08. The molecule has 1 amide bonds. The highest BCUT2D eigenvalue weighted by molar-refractivity contribution is 6.05. The number of nitrogens with zero attached hydrogens (tertiary/aromatic N) is 2. The van der Waals surface area contributed by atoms with E-state index in [4.69, 9.17) is 0 Å². The fraction of sp³-hybridized carbons (Fsp3) is 0.286. The summed E-state index contributed by atoms with van der Waals surface area (Å²) in [5.41, 5.74) is 1.20. The lowest BCUT2D eigenvalue weighted by Gasteiger charge is -2.14. The first kappa shape index (κ1) is 15.5. The van der Waals surface area contributed by atoms with Crippen molar-refractivity contribution in [2.24, 2.45) is 0 Å². The molecule has 0 bridgehead atoms. The Morgan fingerprint density at radius 1 is 1.45 bits per heavy atom. The molecule has 0 aliphatic carbocycles. The van der Waals surface area contributed by atoms with Gasteiger partial charge in [0.1, 0.15) is 11.9 Å². The Labute approximate surface area is 126 Å². The summed E-state index contributed by atoms with van der Waals surface area (Å²) in [6.07, 6.45) is 0.984. The summed E-state index contributed by atoms with van der Waals surface area (Å²) >= 11 is 0. The molecule has 0 spiro atoms. The molecular weight excluding hydrogens is 288 g/mol. The quantitative estimate of drug-likeness (QED) is 0.455. The third-order valence-corrected chi connectivity index (χ3v) is 3.29. The van der Waals surface area contributed by atoms with E-state index in [1.54, 1.807) is 19.1 Å². The van der Waals surface area contributed by atoms with Crippen LogP contribution in [0.4, 0.5) is 11.4 Å². The lowest BCUT2D eigenvalue weighted by molar-refractivity contribution is -0.385. The van der Waals surface area contributed by atoms with E-state index >= 15 is 0 Å². The molecule has 0 saturated heterocycles. The maximum absolute atomic E-state index is 12.2. The van der Waals surface area contributed by atoms with E-state index in [9.17, 15) is 20.0 Å². The Hall–Kier alpha value is -2.90. The lowest BCUT2D eigenvalue weighted by atomic mass is 9.99. The second kappa shape index (κ2) is 5.84. The number of aromatic hydroxyl groups is 1. The lowest BCUT2D eigenvalue weighted by Crippen LogP contribution is -2.15. The number of benzene rings is 1. The molecule has 2 aromatic rings. The third-order valence-electron chi connectivity index (χ3n) is 3.29. The van der Waals surface area contributed by atoms with Crippen molar-refractivity contribution in [3.63, 3.8) is 0 Å². The Balaban J connectivity index is 2.34. The summed E-state index contributed by atoms with van der Waals surface area (Å²) in [5.74, 6) is -0.441. The number of phenols is 1. The van der Waals surface area contributed by atoms with Gasteiger partial charge in [0, 0.05) is 5.69 Å². The van der Waals surface area contributed by atoms with Crippen LogP contribution in [0.25, 0.3) is 0 Å². The average Bonchev–Trinajstić information content (AvgIpc) is 2.90. The fourth-order valence-electron chi connectivity index (χ4n) is 2.08. The van der Waals surface area contributed by atoms with Crippen molar-refractivity contribution in [1.29, 1.82) is 0 Å². The molecular formula is C14H16N4O4. The van der Waals surface area contributed by atoms with Gasteiger partial charge in [-0.3, -0.25) is 20.0 Å². The van der Waals surface area contributed by atoms with Gasteiger partial charge in [-0.25, -0.2) is 0 Å². The number of anilines is 1. The smallest absolute Gasteiger partial charge is 0.319 e. The Morgan fingerprint density at radius 2 is 2.14 bits per heavy atom. The van der Waals surface area contributed by atoms with E-state index in [-0.39, 0.29) is 17.4 Å². The van der Waals surface area contributed by atoms with Gasteiger partial charge in [-0.15, -0.1) is 0 Å². The highest BCUT2D eigenvalue weighted by Crippen LogP contribution is 2.31. The highest BCUT2D eigenvalue weighted by Gasteiger charge is 2.23. The van der Waals surface area contributed by atoms with Gasteiger partial charge in [0.2, 0.25) is 5.69 Å². The molecule has 1 aromatic heterocycles. The minimum atomic E-state index is -0.679. The number of amides is 1. The molecule has 1 aromatic carbocycles. The molecule has 8 heteroatoms. The molecule has 22 heavy (non-hydrogen) atoms. The van der Waals surface area contributed by atoms with E-state index in [0.717, 1.165) is 6.20 Å². The van der Waals surface area contributed by atoms with Crippen molar-refractivity contribution < 1.29 is 14.8 Å². The number of rotatable bonds is 4. The highest BCUT2D eigenvalue weighted by atomic mass is 16.6. The van der Waals surface area contributed by atoms with Crippen LogP contribution in [0, 0.1) is 17.0 Å². The van der Waals surface area contributed by atoms with Gasteiger partial charge in [-0.2, -0.15) is 5.10 Å². The van der Waals surface area contributed by atoms with Crippen molar-refractivity contribution in [3.8, 4) is 5.75 Å². The predicted molar refractivity (Wildman–Crippen MR) is 80.1 cm³/mol. The largest absolute Gasteiger partial charge is 0.508 e. The molecule has 8 nitrogen and oxygen atoms in total. The van der Waals surface area contributed by atoms with Crippen LogP contribution in [0.5, 0.6) is 5.75 Å². The van der Waals surface area contributed by atoms with E-state index < -0.39 is 16.5 Å². The molecule has 0 aliphatic heterocycles. The number of phenolic OH excluding ortho intramolecular Hbond substituents is 1. The van der Waals surface area contributed by atoms with Crippen LogP contribution in [0.3, 0.4) is 0 Å². The monoisotopic (exact) mass is 304 g/mol. The molecule has 0 aliphatic rings. The van der Waals surface area contributed by atoms with Gasteiger partial charge in [0.15, 0.2) is 0 Å². The summed E-state index contributed by atoms with van der Waals surface area (Å²) in [5, 5.41) is 29.2. The van der Waals surface area contributed by atoms with Crippen LogP contribution in [-0.2, 0) is 0 Å². The summed E-state index contributed by atoms with van der Waals surface area (Å²) in [6, 6.07) is 3.21. The molecule has 0 atom stereocenters. The van der Waals surface area contributed by atoms with Crippen molar-refractivity contribution in [2.75, 3.05) is 5.32 Å². The number of aromatic amines is 1. The number of hydrogen-bond acceptors (Lipinski definition) is 5. The molecule has 0 fully saturated rings. The summed E-state index contributed by atoms with van der Waals surface area (Å²) in [7, 11) is 0. The second-order valence-corrected chi connectivity index (χ2v) is 5.22. The van der Waals surface area contributed by atoms with Crippen LogP contribution in [0.15, 0.2) is 18.3 Å². The second-order valence-electron chi connectivity index (χ2n) is 5.22. The van der Waals surface area contributed by atoms with E-state index in [0.29, 0.717) is 16.8 Å². The van der Waals surface area contributed by atoms with Crippen molar-refractivity contribution >= 4 is 17.3 Å². The van der Waals surface area contributed by atoms with Crippen molar-refractivity contribution in [2.45, 2.75) is 26.7 Å². The SMILES string of the molecule is Cc1cc(O)c(C(C)C)cc1NC(=O)c1[nH]ncc1[N+](=O)[O-]. The topological polar surface area (TPSA) is 121 Å². The number of carbonyl (C=O) groups excluding carboxylic acids is 1. The number of carbonyl (C=O) groups is 1. The zero-order valence-corrected chi connectivity index (χ0v) is 12.4. The Bertz CT molecular complexity index is 736. The van der Waals surface area contributed by atoms with Crippen LogP contribution in [0.2, 0.25) is 0 Å². The molecule has 3 N–H and O–H groups in total. The zero-order valence-electron chi connectivity index (χ0n) is 12.4. The first-order valence-electron chi connectivity index (χ1n) is 6.64. The number of nitro groups is 1. The standard InChI is InChI=1S/C14H16N4O4/c1-7(2)9-5-10(8(3)4-12(9)19)16-14(20)13-11(18(21)22)6-15-17-13/h4-7,19H,1-3H3,(H,15,17)(H,16,20). The predicted octanol–water partition coefficient (Wildman–Crippen LogP) is 2.71. The maximum atomic E-state index is 12.2. The minimum Gasteiger partial charge on any atom is -0.508 e. The molecule has 0 unspecified atom stereocenters. The number of hydrogen-bond donors (Lipinski definition) is 3. The van der Waals surface area contributed by atoms with Crippen molar-refractivity contribution in [1.82, 2.24) is 10.2 Å². The van der Waals surface area contributed by atoms with E-state index in [2.05, 4.69) is 15.5 Å². The van der Waals surface area contributed by atoms with Gasteiger partial charge in [0.05, 0.1) is 4.92 Å². The molecule has 0 radical (unpaired) electrons. The van der Waals surface area contributed by atoms with Gasteiger partial charge in [0.25, 0.3) is 5.91 Å². The zero-order chi connectivity index (χ0) is 16.4. The number of H-pyrrole nitrogens is 1. The first-order valence-corrected chi connectivity index (χ1v) is 6.64. The van der Waals surface area contributed by atoms with Crippen LogP contribution < -0.4 is 5.32 Å². The third kappa shape index (κ3) is 2.90. The first-order chi connectivity index (χ1) is 10.3. The molecule has 116 valence electrons. The maximum Gasteiger partial charge on any atom is 0.319 e. The normalized spacial score (nSPS) is 10.7. The van der Waals surface area contributed by atoms with E-state index in [1.807, 2.05) is 13.8 Å². The summed E-state index contributed by atoms with van der Waals surface area (Å²) in [6.45, 7) is 5.55. The minimum absolute atomic E-state index is 0.0674. The van der Waals surface area contributed by atoms with Gasteiger partial charge < -0.3 is 10.4 Å². The van der Waals surface area contributed by atoms with Crippen LogP contribution >= 0.6 is 0 Å². The van der Waals surface area contributed by atoms with Gasteiger partial charge in [-0.05, 0) is 36.1 Å². The summed E-state index contributed by atoms with van der Waals surface area (Å²) < 4.78 is 0. The number of aromatic nitrogens is 2. The number of nitrogens with one attached hydrogen (secondary N) is 2. The molecule has 2 rings (SSSR count). The Kier molecular flexibility index (Phi) is 4.11. The number of aryl methyl sites for hydroxylation is 1. The molecule has 1 heterocycles. The van der Waals surface area contributed by atoms with Crippen LogP contribution in [0.1, 0.15) is 41.4 Å². The van der Waals surface area contributed by atoms with Gasteiger partial charge in [-0.1, -0.05) is 13.8 Å². The molecule has 0 saturated carbocycles. The summed E-state index contributed by atoms with van der Waals surface area (Å²) in [4.78, 5) is 22.3. The van der Waals surface area contributed by atoms with Crippen molar-refractivity contribution in [3.05, 3.63) is 45.3 Å². The average molecular weight is 304 g/mol. The Morgan fingerprint density at radius 3 is 2.73 bits per heavy atom. The van der Waals surface area contributed by atoms with Gasteiger partial charge >= 0.3 is 5.69 Å². The van der Waals surface area contributed by atoms with Crippen LogP contribution in [-0.4, -0.2) is 26.1 Å².